The van der Waals surface area contributed by atoms with Gasteiger partial charge in [0.05, 0.1) is 12.1 Å². The van der Waals surface area contributed by atoms with Crippen molar-refractivity contribution in [3.63, 3.8) is 0 Å². The SMILES string of the molecule is NCC#Cc1cncc(C(=O)Nc2nnns2)c1. The minimum Gasteiger partial charge on any atom is -0.320 e. The lowest BCUT2D eigenvalue weighted by Gasteiger charge is -2.00. The van der Waals surface area contributed by atoms with Gasteiger partial charge in [0.1, 0.15) is 0 Å². The number of carbonyl (C=O) groups excluding carboxylic acids is 1. The van der Waals surface area contributed by atoms with E-state index in [0.29, 0.717) is 16.3 Å². The van der Waals surface area contributed by atoms with E-state index in [-0.39, 0.29) is 12.5 Å². The molecule has 0 fully saturated rings. The van der Waals surface area contributed by atoms with E-state index in [9.17, 15) is 4.79 Å². The molecule has 1 amide bonds. The van der Waals surface area contributed by atoms with Gasteiger partial charge in [-0.25, -0.2) is 0 Å². The maximum absolute atomic E-state index is 11.8. The number of nitrogens with one attached hydrogen (secondary N) is 1. The van der Waals surface area contributed by atoms with Crippen molar-refractivity contribution in [2.75, 3.05) is 11.9 Å². The van der Waals surface area contributed by atoms with Crippen LogP contribution in [0, 0.1) is 11.8 Å². The van der Waals surface area contributed by atoms with E-state index in [0.717, 1.165) is 11.5 Å². The van der Waals surface area contributed by atoms with Crippen molar-refractivity contribution in [3.8, 4) is 11.8 Å². The molecule has 0 atom stereocenters. The average Bonchev–Trinajstić information content (AvgIpc) is 2.89. The quantitative estimate of drug-likeness (QED) is 0.730. The van der Waals surface area contributed by atoms with Crippen LogP contribution < -0.4 is 11.1 Å². The Balaban J connectivity index is 2.15. The number of nitrogens with two attached hydrogens (primary N) is 1. The third-order valence-corrected chi connectivity index (χ3v) is 2.37. The molecule has 0 saturated carbocycles. The maximum atomic E-state index is 11.8. The van der Waals surface area contributed by atoms with E-state index in [1.165, 1.54) is 6.20 Å². The molecule has 2 aromatic heterocycles. The molecule has 18 heavy (non-hydrogen) atoms. The molecule has 0 spiro atoms. The molecule has 2 heterocycles. The van der Waals surface area contributed by atoms with Crippen LogP contribution >= 0.6 is 11.5 Å². The molecular weight excluding hydrogens is 252 g/mol. The Morgan fingerprint density at radius 1 is 1.50 bits per heavy atom. The minimum atomic E-state index is -0.336. The van der Waals surface area contributed by atoms with Crippen molar-refractivity contribution in [2.24, 2.45) is 5.73 Å². The summed E-state index contributed by atoms with van der Waals surface area (Å²) in [7, 11) is 0. The minimum absolute atomic E-state index is 0.257. The number of rotatable bonds is 2. The van der Waals surface area contributed by atoms with Crippen LogP contribution in [-0.2, 0) is 0 Å². The van der Waals surface area contributed by atoms with E-state index in [2.05, 4.69) is 36.9 Å². The van der Waals surface area contributed by atoms with Gasteiger partial charge in [-0.05, 0) is 11.3 Å². The highest BCUT2D eigenvalue weighted by Crippen LogP contribution is 2.08. The van der Waals surface area contributed by atoms with Gasteiger partial charge in [0, 0.05) is 29.5 Å². The Bertz CT molecular complexity index is 600. The molecular formula is C10H8N6OS. The molecule has 3 N–H and O–H groups in total. The van der Waals surface area contributed by atoms with Gasteiger partial charge >= 0.3 is 0 Å². The molecule has 8 heteroatoms. The Labute approximate surface area is 107 Å². The fraction of sp³-hybridized carbons (Fsp3) is 0.100. The molecule has 0 aliphatic carbocycles. The van der Waals surface area contributed by atoms with Crippen LogP contribution in [0.3, 0.4) is 0 Å². The summed E-state index contributed by atoms with van der Waals surface area (Å²) in [5, 5.41) is 9.88. The van der Waals surface area contributed by atoms with Gasteiger partial charge in [0.25, 0.3) is 5.91 Å². The number of hydrogen-bond donors (Lipinski definition) is 2. The first-order valence-electron chi connectivity index (χ1n) is 4.90. The van der Waals surface area contributed by atoms with Gasteiger partial charge in [0.15, 0.2) is 0 Å². The van der Waals surface area contributed by atoms with Crippen LogP contribution in [0.25, 0.3) is 0 Å². The molecule has 0 aliphatic heterocycles. The second kappa shape index (κ2) is 5.81. The summed E-state index contributed by atoms with van der Waals surface area (Å²) in [5.41, 5.74) is 6.28. The lowest BCUT2D eigenvalue weighted by molar-refractivity contribution is 0.102. The topological polar surface area (TPSA) is 107 Å². The van der Waals surface area contributed by atoms with E-state index in [1.807, 2.05) is 0 Å². The first-order valence-corrected chi connectivity index (χ1v) is 5.67. The van der Waals surface area contributed by atoms with Crippen LogP contribution in [0.1, 0.15) is 15.9 Å². The van der Waals surface area contributed by atoms with Crippen LogP contribution in [0.2, 0.25) is 0 Å². The molecule has 0 aliphatic rings. The fourth-order valence-corrected chi connectivity index (χ4v) is 1.50. The molecule has 0 bridgehead atoms. The highest BCUT2D eigenvalue weighted by Gasteiger charge is 2.09. The number of pyridine rings is 1. The number of nitrogens with zero attached hydrogens (tertiary/aromatic N) is 4. The number of aromatic nitrogens is 4. The lowest BCUT2D eigenvalue weighted by atomic mass is 10.2. The highest BCUT2D eigenvalue weighted by molar-refractivity contribution is 7.09. The lowest BCUT2D eigenvalue weighted by Crippen LogP contribution is -2.12. The van der Waals surface area contributed by atoms with Crippen molar-refractivity contribution in [1.82, 2.24) is 19.8 Å². The predicted octanol–water partition coefficient (Wildman–Crippen LogP) is -0.109. The number of amides is 1. The third kappa shape index (κ3) is 3.07. The van der Waals surface area contributed by atoms with Gasteiger partial charge in [0.2, 0.25) is 5.13 Å². The van der Waals surface area contributed by atoms with Gasteiger partial charge in [-0.2, -0.15) is 0 Å². The molecule has 7 nitrogen and oxygen atoms in total. The second-order valence-corrected chi connectivity index (χ2v) is 3.82. The Morgan fingerprint density at radius 2 is 2.39 bits per heavy atom. The van der Waals surface area contributed by atoms with E-state index >= 15 is 0 Å². The average molecular weight is 260 g/mol. The molecule has 2 rings (SSSR count). The van der Waals surface area contributed by atoms with Crippen LogP contribution in [0.4, 0.5) is 5.13 Å². The zero-order valence-corrected chi connectivity index (χ0v) is 9.94. The molecule has 0 aromatic carbocycles. The molecule has 90 valence electrons. The maximum Gasteiger partial charge on any atom is 0.259 e. The summed E-state index contributed by atoms with van der Waals surface area (Å²) in [4.78, 5) is 15.8. The highest BCUT2D eigenvalue weighted by atomic mass is 32.1. The predicted molar refractivity (Wildman–Crippen MR) is 65.8 cm³/mol. The van der Waals surface area contributed by atoms with E-state index in [1.54, 1.807) is 12.3 Å². The summed E-state index contributed by atoms with van der Waals surface area (Å²) >= 11 is 0.995. The normalized spacial score (nSPS) is 9.39. The summed E-state index contributed by atoms with van der Waals surface area (Å²) in [5.74, 6) is 5.16. The van der Waals surface area contributed by atoms with Crippen molar-refractivity contribution in [2.45, 2.75) is 0 Å². The zero-order chi connectivity index (χ0) is 12.8. The first-order chi connectivity index (χ1) is 8.79. The monoisotopic (exact) mass is 260 g/mol. The van der Waals surface area contributed by atoms with Gasteiger partial charge < -0.3 is 5.73 Å². The van der Waals surface area contributed by atoms with Gasteiger partial charge in [-0.1, -0.05) is 21.4 Å². The van der Waals surface area contributed by atoms with Crippen LogP contribution in [0.15, 0.2) is 18.5 Å². The summed E-state index contributed by atoms with van der Waals surface area (Å²) in [6.45, 7) is 0.257. The van der Waals surface area contributed by atoms with Crippen molar-refractivity contribution in [3.05, 3.63) is 29.6 Å². The van der Waals surface area contributed by atoms with E-state index in [4.69, 9.17) is 5.73 Å². The zero-order valence-electron chi connectivity index (χ0n) is 9.12. The third-order valence-electron chi connectivity index (χ3n) is 1.86. The van der Waals surface area contributed by atoms with Crippen molar-refractivity contribution >= 4 is 22.6 Å². The standard InChI is InChI=1S/C10H8N6OS/c11-3-1-2-7-4-8(6-12-5-7)9(17)13-10-14-15-16-18-10/h4-6H,3,11H2,(H,13,14,16,17). The molecule has 0 unspecified atom stereocenters. The molecule has 0 saturated heterocycles. The smallest absolute Gasteiger partial charge is 0.259 e. The number of anilines is 1. The first kappa shape index (κ1) is 12.1. The Kier molecular flexibility index (Phi) is 3.90. The van der Waals surface area contributed by atoms with Gasteiger partial charge in [-0.3, -0.25) is 15.1 Å². The van der Waals surface area contributed by atoms with Crippen molar-refractivity contribution in [1.29, 1.82) is 0 Å². The molecule has 2 aromatic rings. The van der Waals surface area contributed by atoms with Crippen LogP contribution in [0.5, 0.6) is 0 Å². The van der Waals surface area contributed by atoms with Gasteiger partial charge in [-0.15, -0.1) is 0 Å². The molecule has 0 radical (unpaired) electrons. The van der Waals surface area contributed by atoms with E-state index < -0.39 is 0 Å². The van der Waals surface area contributed by atoms with Crippen LogP contribution in [-0.4, -0.2) is 32.2 Å². The summed E-state index contributed by atoms with van der Waals surface area (Å²) in [6.07, 6.45) is 3.00. The largest absolute Gasteiger partial charge is 0.320 e. The second-order valence-electron chi connectivity index (χ2n) is 3.09. The number of carbonyl (C=O) groups is 1. The number of hydrogen-bond acceptors (Lipinski definition) is 7. The summed E-state index contributed by atoms with van der Waals surface area (Å²) < 4.78 is 3.54. The Hall–Kier alpha value is -2.37. The fourth-order valence-electron chi connectivity index (χ4n) is 1.14. The summed E-state index contributed by atoms with van der Waals surface area (Å²) in [6, 6.07) is 1.62. The Morgan fingerprint density at radius 3 is 3.11 bits per heavy atom. The van der Waals surface area contributed by atoms with Crippen molar-refractivity contribution < 1.29 is 4.79 Å².